The summed E-state index contributed by atoms with van der Waals surface area (Å²) in [6, 6.07) is 4.48. The number of carbonyl (C=O) groups excluding carboxylic acids is 4. The number of esters is 1. The fourth-order valence-corrected chi connectivity index (χ4v) is 3.69. The van der Waals surface area contributed by atoms with Gasteiger partial charge in [0.2, 0.25) is 0 Å². The Labute approximate surface area is 161 Å². The molecule has 0 bridgehead atoms. The van der Waals surface area contributed by atoms with Crippen molar-refractivity contribution in [3.63, 3.8) is 0 Å². The van der Waals surface area contributed by atoms with Crippen molar-refractivity contribution < 1.29 is 28.3 Å². The number of ether oxygens (including phenoxy) is 1. The van der Waals surface area contributed by atoms with Crippen LogP contribution in [0.5, 0.6) is 0 Å². The van der Waals surface area contributed by atoms with Crippen LogP contribution >= 0.6 is 0 Å². The minimum Gasteiger partial charge on any atom is -0.454 e. The molecule has 8 nitrogen and oxygen atoms in total. The Morgan fingerprint density at radius 2 is 2.00 bits per heavy atom. The van der Waals surface area contributed by atoms with Crippen molar-refractivity contribution in [2.45, 2.75) is 38.1 Å². The number of rotatable bonds is 5. The van der Waals surface area contributed by atoms with Crippen molar-refractivity contribution in [1.82, 2.24) is 10.2 Å². The van der Waals surface area contributed by atoms with Gasteiger partial charge < -0.3 is 15.4 Å². The molecule has 2 atom stereocenters. The second kappa shape index (κ2) is 7.95. The fraction of sp³-hybridized carbons (Fsp3) is 0.474. The topological polar surface area (TPSA) is 105 Å². The van der Waals surface area contributed by atoms with Gasteiger partial charge in [0.1, 0.15) is 17.9 Å². The molecular formula is C19H22FN3O5. The molecule has 1 saturated heterocycles. The first-order valence-corrected chi connectivity index (χ1v) is 9.17. The van der Waals surface area contributed by atoms with Crippen molar-refractivity contribution in [2.75, 3.05) is 18.5 Å². The number of benzene rings is 1. The highest BCUT2D eigenvalue weighted by Gasteiger charge is 2.55. The van der Waals surface area contributed by atoms with Gasteiger partial charge in [0, 0.05) is 5.69 Å². The van der Waals surface area contributed by atoms with E-state index in [1.165, 1.54) is 24.3 Å². The van der Waals surface area contributed by atoms with Crippen molar-refractivity contribution in [3.8, 4) is 0 Å². The van der Waals surface area contributed by atoms with Gasteiger partial charge in [-0.15, -0.1) is 0 Å². The first-order chi connectivity index (χ1) is 13.3. The molecule has 1 saturated carbocycles. The van der Waals surface area contributed by atoms with E-state index in [4.69, 9.17) is 4.74 Å². The summed E-state index contributed by atoms with van der Waals surface area (Å²) in [7, 11) is 0. The normalized spacial score (nSPS) is 24.2. The van der Waals surface area contributed by atoms with Gasteiger partial charge in [-0.25, -0.2) is 9.18 Å². The lowest BCUT2D eigenvalue weighted by molar-refractivity contribution is -0.150. The maximum atomic E-state index is 12.8. The maximum absolute atomic E-state index is 12.8. The Morgan fingerprint density at radius 3 is 2.68 bits per heavy atom. The van der Waals surface area contributed by atoms with Crippen molar-refractivity contribution in [1.29, 1.82) is 0 Å². The van der Waals surface area contributed by atoms with Gasteiger partial charge in [-0.3, -0.25) is 19.3 Å². The van der Waals surface area contributed by atoms with Gasteiger partial charge in [0.15, 0.2) is 6.61 Å². The zero-order valence-electron chi connectivity index (χ0n) is 15.5. The smallest absolute Gasteiger partial charge is 0.326 e. The number of hydrogen-bond donors (Lipinski definition) is 2. The van der Waals surface area contributed by atoms with Crippen LogP contribution in [-0.4, -0.2) is 47.4 Å². The molecule has 1 aliphatic heterocycles. The zero-order chi connectivity index (χ0) is 20.3. The summed E-state index contributed by atoms with van der Waals surface area (Å²) >= 11 is 0. The maximum Gasteiger partial charge on any atom is 0.326 e. The summed E-state index contributed by atoms with van der Waals surface area (Å²) in [6.45, 7) is 0.781. The summed E-state index contributed by atoms with van der Waals surface area (Å²) in [5.41, 5.74) is -0.597. The van der Waals surface area contributed by atoms with E-state index in [-0.39, 0.29) is 5.92 Å². The number of hydrogen-bond acceptors (Lipinski definition) is 5. The fourth-order valence-electron chi connectivity index (χ4n) is 3.69. The Morgan fingerprint density at radius 1 is 1.29 bits per heavy atom. The lowest BCUT2D eigenvalue weighted by atomic mass is 9.73. The van der Waals surface area contributed by atoms with Crippen molar-refractivity contribution in [3.05, 3.63) is 30.1 Å². The van der Waals surface area contributed by atoms with E-state index in [0.29, 0.717) is 12.1 Å². The van der Waals surface area contributed by atoms with E-state index in [9.17, 15) is 23.6 Å². The molecule has 0 aromatic heterocycles. The molecule has 1 aliphatic carbocycles. The van der Waals surface area contributed by atoms with E-state index in [1.807, 2.05) is 6.92 Å². The van der Waals surface area contributed by atoms with Gasteiger partial charge in [-0.2, -0.15) is 0 Å². The SMILES string of the molecule is C[C@@H]1CCCC[C@@]12NC(=O)N(CC(=O)OCC(=O)Nc1ccc(F)cc1)C2=O. The van der Waals surface area contributed by atoms with Crippen LogP contribution in [0.25, 0.3) is 0 Å². The number of nitrogens with zero attached hydrogens (tertiary/aromatic N) is 1. The van der Waals surface area contributed by atoms with E-state index >= 15 is 0 Å². The molecule has 2 aliphatic rings. The van der Waals surface area contributed by atoms with E-state index in [2.05, 4.69) is 10.6 Å². The molecule has 3 rings (SSSR count). The van der Waals surface area contributed by atoms with E-state index < -0.39 is 48.3 Å². The molecule has 0 radical (unpaired) electrons. The zero-order valence-corrected chi connectivity index (χ0v) is 15.5. The summed E-state index contributed by atoms with van der Waals surface area (Å²) in [6.07, 6.45) is 3.20. The number of imide groups is 1. The number of amides is 4. The first kappa shape index (κ1) is 19.8. The molecule has 4 amide bonds. The van der Waals surface area contributed by atoms with Gasteiger partial charge in [0.05, 0.1) is 0 Å². The molecule has 2 N–H and O–H groups in total. The Hall–Kier alpha value is -2.97. The highest BCUT2D eigenvalue weighted by Crippen LogP contribution is 2.38. The minimum absolute atomic E-state index is 0.0137. The number of urea groups is 1. The predicted molar refractivity (Wildman–Crippen MR) is 96.6 cm³/mol. The van der Waals surface area contributed by atoms with Crippen molar-refractivity contribution >= 4 is 29.5 Å². The lowest BCUT2D eigenvalue weighted by Gasteiger charge is -2.36. The molecule has 1 heterocycles. The summed E-state index contributed by atoms with van der Waals surface area (Å²) in [5, 5.41) is 5.19. The average molecular weight is 391 g/mol. The second-order valence-electron chi connectivity index (χ2n) is 7.16. The molecule has 9 heteroatoms. The molecule has 150 valence electrons. The van der Waals surface area contributed by atoms with Crippen LogP contribution in [0.15, 0.2) is 24.3 Å². The van der Waals surface area contributed by atoms with E-state index in [1.54, 1.807) is 0 Å². The monoisotopic (exact) mass is 391 g/mol. The summed E-state index contributed by atoms with van der Waals surface area (Å²) in [5.74, 6) is -2.35. The van der Waals surface area contributed by atoms with Gasteiger partial charge >= 0.3 is 12.0 Å². The standard InChI is InChI=1S/C19H22FN3O5/c1-12-4-2-3-9-19(12)17(26)23(18(27)22-19)10-16(25)28-11-15(24)21-14-7-5-13(20)6-8-14/h5-8,12H,2-4,9-11H2,1H3,(H,21,24)(H,22,27)/t12-,19-/m1/s1. The number of anilines is 1. The molecule has 1 aromatic carbocycles. The Kier molecular flexibility index (Phi) is 5.62. The number of nitrogens with one attached hydrogen (secondary N) is 2. The van der Waals surface area contributed by atoms with Gasteiger partial charge in [0.25, 0.3) is 11.8 Å². The molecule has 0 unspecified atom stereocenters. The van der Waals surface area contributed by atoms with Crippen LogP contribution in [0.3, 0.4) is 0 Å². The highest BCUT2D eigenvalue weighted by atomic mass is 19.1. The summed E-state index contributed by atoms with van der Waals surface area (Å²) < 4.78 is 17.7. The van der Waals surface area contributed by atoms with Crippen LogP contribution in [0.2, 0.25) is 0 Å². The van der Waals surface area contributed by atoms with Crippen LogP contribution in [0, 0.1) is 11.7 Å². The summed E-state index contributed by atoms with van der Waals surface area (Å²) in [4.78, 5) is 49.7. The minimum atomic E-state index is -0.949. The quantitative estimate of drug-likeness (QED) is 0.588. The molecular weight excluding hydrogens is 369 g/mol. The Balaban J connectivity index is 1.51. The molecule has 28 heavy (non-hydrogen) atoms. The number of halogens is 1. The third-order valence-corrected chi connectivity index (χ3v) is 5.28. The molecule has 2 fully saturated rings. The highest BCUT2D eigenvalue weighted by molar-refractivity contribution is 6.09. The molecule has 1 aromatic rings. The van der Waals surface area contributed by atoms with Gasteiger partial charge in [-0.05, 0) is 43.0 Å². The number of carbonyl (C=O) groups is 4. The predicted octanol–water partition coefficient (Wildman–Crippen LogP) is 1.81. The third-order valence-electron chi connectivity index (χ3n) is 5.28. The largest absolute Gasteiger partial charge is 0.454 e. The van der Waals surface area contributed by atoms with Crippen LogP contribution in [0.4, 0.5) is 14.9 Å². The Bertz CT molecular complexity index is 797. The second-order valence-corrected chi connectivity index (χ2v) is 7.16. The third kappa shape index (κ3) is 3.97. The average Bonchev–Trinajstić information content (AvgIpc) is 2.89. The van der Waals surface area contributed by atoms with Crippen LogP contribution < -0.4 is 10.6 Å². The van der Waals surface area contributed by atoms with Crippen molar-refractivity contribution in [2.24, 2.45) is 5.92 Å². The lowest BCUT2D eigenvalue weighted by Crippen LogP contribution is -2.54. The molecule has 1 spiro atoms. The first-order valence-electron chi connectivity index (χ1n) is 9.17. The van der Waals surface area contributed by atoms with Gasteiger partial charge in [-0.1, -0.05) is 19.8 Å². The van der Waals surface area contributed by atoms with Crippen LogP contribution in [0.1, 0.15) is 32.6 Å². The van der Waals surface area contributed by atoms with E-state index in [0.717, 1.165) is 24.2 Å². The van der Waals surface area contributed by atoms with Crippen LogP contribution in [-0.2, 0) is 19.1 Å².